The standard InChI is InChI=1S/C16H28N2O11/c1-5(21)17-9-13(25)14(8(4-20)27-15(9)26)29-16-10(18-6(2)22)12(24)11(23)7(3-19)28-16/h7-16,19-20,23-26H,3-4H2,1-2H3,(H,17,21)(H,18,22)/t7-,8+,9-,10+,11-,12-,13+,14-,15+,16+/m1/s1. The zero-order chi connectivity index (χ0) is 21.9. The molecule has 29 heavy (non-hydrogen) atoms. The van der Waals surface area contributed by atoms with E-state index in [-0.39, 0.29) is 0 Å². The fraction of sp³-hybridized carbons (Fsp3) is 0.875. The van der Waals surface area contributed by atoms with Crippen LogP contribution in [0.5, 0.6) is 0 Å². The van der Waals surface area contributed by atoms with E-state index in [9.17, 15) is 40.2 Å². The first kappa shape index (κ1) is 23.9. The van der Waals surface area contributed by atoms with Gasteiger partial charge in [0.15, 0.2) is 12.6 Å². The van der Waals surface area contributed by atoms with E-state index in [2.05, 4.69) is 10.6 Å². The van der Waals surface area contributed by atoms with Crippen molar-refractivity contribution < 1.29 is 54.4 Å². The van der Waals surface area contributed by atoms with Crippen molar-refractivity contribution in [1.29, 1.82) is 0 Å². The van der Waals surface area contributed by atoms with Crippen molar-refractivity contribution in [1.82, 2.24) is 10.6 Å². The topological polar surface area (TPSA) is 207 Å². The summed E-state index contributed by atoms with van der Waals surface area (Å²) in [7, 11) is 0. The van der Waals surface area contributed by atoms with E-state index in [4.69, 9.17) is 14.2 Å². The smallest absolute Gasteiger partial charge is 0.217 e. The zero-order valence-electron chi connectivity index (χ0n) is 15.9. The van der Waals surface area contributed by atoms with Crippen molar-refractivity contribution in [2.45, 2.75) is 75.1 Å². The number of nitrogens with one attached hydrogen (secondary N) is 2. The second-order valence-corrected chi connectivity index (χ2v) is 7.00. The van der Waals surface area contributed by atoms with E-state index in [0.717, 1.165) is 13.8 Å². The minimum atomic E-state index is -1.64. The Morgan fingerprint density at radius 2 is 1.38 bits per heavy atom. The fourth-order valence-electron chi connectivity index (χ4n) is 3.38. The molecule has 0 bridgehead atoms. The predicted molar refractivity (Wildman–Crippen MR) is 91.8 cm³/mol. The Hall–Kier alpha value is -1.42. The van der Waals surface area contributed by atoms with Crippen LogP contribution in [0.2, 0.25) is 0 Å². The highest BCUT2D eigenvalue weighted by molar-refractivity contribution is 5.73. The van der Waals surface area contributed by atoms with Crippen LogP contribution < -0.4 is 10.6 Å². The van der Waals surface area contributed by atoms with Gasteiger partial charge in [-0.05, 0) is 0 Å². The monoisotopic (exact) mass is 424 g/mol. The minimum absolute atomic E-state index is 0.568. The molecule has 2 heterocycles. The van der Waals surface area contributed by atoms with E-state index in [1.807, 2.05) is 0 Å². The van der Waals surface area contributed by atoms with Gasteiger partial charge in [0.25, 0.3) is 0 Å². The van der Waals surface area contributed by atoms with Crippen molar-refractivity contribution in [3.8, 4) is 0 Å². The number of aliphatic hydroxyl groups excluding tert-OH is 6. The van der Waals surface area contributed by atoms with Crippen LogP contribution in [0.1, 0.15) is 13.8 Å². The Morgan fingerprint density at radius 3 is 1.90 bits per heavy atom. The van der Waals surface area contributed by atoms with Crippen molar-refractivity contribution >= 4 is 11.8 Å². The zero-order valence-corrected chi connectivity index (χ0v) is 15.9. The molecule has 0 aromatic rings. The number of hydrogen-bond donors (Lipinski definition) is 8. The molecule has 10 atom stereocenters. The van der Waals surface area contributed by atoms with Gasteiger partial charge >= 0.3 is 0 Å². The van der Waals surface area contributed by atoms with Crippen LogP contribution in [0, 0.1) is 0 Å². The summed E-state index contributed by atoms with van der Waals surface area (Å²) in [5.74, 6) is -1.14. The number of carbonyl (C=O) groups excluding carboxylic acids is 2. The molecule has 2 amide bonds. The maximum absolute atomic E-state index is 11.5. The van der Waals surface area contributed by atoms with E-state index < -0.39 is 86.3 Å². The lowest BCUT2D eigenvalue weighted by Gasteiger charge is -2.47. The molecule has 0 saturated carbocycles. The summed E-state index contributed by atoms with van der Waals surface area (Å²) in [6, 6.07) is -2.59. The van der Waals surface area contributed by atoms with Gasteiger partial charge in [-0.25, -0.2) is 0 Å². The number of amides is 2. The molecule has 0 aromatic carbocycles. The number of carbonyl (C=O) groups is 2. The summed E-state index contributed by atoms with van der Waals surface area (Å²) in [5.41, 5.74) is 0. The Balaban J connectivity index is 2.26. The van der Waals surface area contributed by atoms with E-state index in [1.54, 1.807) is 0 Å². The highest BCUT2D eigenvalue weighted by Crippen LogP contribution is 2.28. The first-order chi connectivity index (χ1) is 13.6. The van der Waals surface area contributed by atoms with Gasteiger partial charge < -0.3 is 55.5 Å². The third kappa shape index (κ3) is 5.39. The molecule has 0 aliphatic carbocycles. The molecule has 0 aromatic heterocycles. The Kier molecular flexibility index (Phi) is 8.28. The van der Waals surface area contributed by atoms with Crippen molar-refractivity contribution in [2.75, 3.05) is 13.2 Å². The molecule has 2 saturated heterocycles. The second-order valence-electron chi connectivity index (χ2n) is 7.00. The first-order valence-electron chi connectivity index (χ1n) is 9.05. The summed E-state index contributed by atoms with van der Waals surface area (Å²) >= 11 is 0. The van der Waals surface area contributed by atoms with Crippen LogP contribution in [-0.4, -0.2) is 117 Å². The van der Waals surface area contributed by atoms with Gasteiger partial charge in [-0.2, -0.15) is 0 Å². The van der Waals surface area contributed by atoms with E-state index >= 15 is 0 Å². The molecule has 13 nitrogen and oxygen atoms in total. The van der Waals surface area contributed by atoms with Crippen molar-refractivity contribution in [2.24, 2.45) is 0 Å². The predicted octanol–water partition coefficient (Wildman–Crippen LogP) is -5.11. The third-order valence-corrected chi connectivity index (χ3v) is 4.78. The van der Waals surface area contributed by atoms with Crippen LogP contribution in [0.25, 0.3) is 0 Å². The van der Waals surface area contributed by atoms with Crippen LogP contribution in [-0.2, 0) is 23.8 Å². The maximum atomic E-state index is 11.5. The first-order valence-corrected chi connectivity index (χ1v) is 9.05. The lowest BCUT2D eigenvalue weighted by molar-refractivity contribution is -0.327. The van der Waals surface area contributed by atoms with Crippen LogP contribution in [0.15, 0.2) is 0 Å². The highest BCUT2D eigenvalue weighted by Gasteiger charge is 2.51. The molecule has 2 rings (SSSR count). The second kappa shape index (κ2) is 10.1. The van der Waals surface area contributed by atoms with E-state index in [0.29, 0.717) is 0 Å². The third-order valence-electron chi connectivity index (χ3n) is 4.78. The lowest BCUT2D eigenvalue weighted by Crippen LogP contribution is -2.69. The number of ether oxygens (including phenoxy) is 3. The van der Waals surface area contributed by atoms with Gasteiger partial charge in [-0.1, -0.05) is 0 Å². The van der Waals surface area contributed by atoms with E-state index in [1.165, 1.54) is 0 Å². The fourth-order valence-corrected chi connectivity index (χ4v) is 3.38. The minimum Gasteiger partial charge on any atom is -0.394 e. The van der Waals surface area contributed by atoms with Gasteiger partial charge in [-0.15, -0.1) is 0 Å². The van der Waals surface area contributed by atoms with Crippen LogP contribution >= 0.6 is 0 Å². The molecule has 8 N–H and O–H groups in total. The van der Waals surface area contributed by atoms with Crippen LogP contribution in [0.4, 0.5) is 0 Å². The number of rotatable bonds is 6. The maximum Gasteiger partial charge on any atom is 0.217 e. The Morgan fingerprint density at radius 1 is 0.828 bits per heavy atom. The SMILES string of the molecule is CC(=O)N[C@@H]1[C@H](O[C@H]2[C@@H](O)[C@@H](NC(C)=O)[C@@H](O)O[C@H]2CO)O[C@H](CO)[C@@H](O)[C@@H]1O. The summed E-state index contributed by atoms with van der Waals surface area (Å²) in [6.07, 6.45) is -11.7. The Bertz CT molecular complexity index is 579. The molecule has 0 spiro atoms. The summed E-state index contributed by atoms with van der Waals surface area (Å²) in [5, 5.41) is 64.5. The molecule has 2 aliphatic rings. The highest BCUT2D eigenvalue weighted by atomic mass is 16.7. The van der Waals surface area contributed by atoms with Crippen LogP contribution in [0.3, 0.4) is 0 Å². The average molecular weight is 424 g/mol. The molecule has 0 unspecified atom stereocenters. The molecule has 2 fully saturated rings. The normalized spacial score (nSPS) is 42.9. The number of hydrogen-bond acceptors (Lipinski definition) is 11. The largest absolute Gasteiger partial charge is 0.394 e. The molecule has 2 aliphatic heterocycles. The molecule has 168 valence electrons. The molecular formula is C16H28N2O11. The van der Waals surface area contributed by atoms with Gasteiger partial charge in [0.2, 0.25) is 11.8 Å². The van der Waals surface area contributed by atoms with Gasteiger partial charge in [0, 0.05) is 13.8 Å². The molecule has 13 heteroatoms. The molecular weight excluding hydrogens is 396 g/mol. The molecule has 0 radical (unpaired) electrons. The van der Waals surface area contributed by atoms with Gasteiger partial charge in [0.05, 0.1) is 13.2 Å². The Labute approximate surface area is 166 Å². The van der Waals surface area contributed by atoms with Gasteiger partial charge in [-0.3, -0.25) is 9.59 Å². The van der Waals surface area contributed by atoms with Crippen molar-refractivity contribution in [3.05, 3.63) is 0 Å². The lowest BCUT2D eigenvalue weighted by atomic mass is 9.94. The van der Waals surface area contributed by atoms with Gasteiger partial charge in [0.1, 0.15) is 48.7 Å². The number of aliphatic hydroxyl groups is 6. The summed E-state index contributed by atoms with van der Waals surface area (Å²) < 4.78 is 16.3. The van der Waals surface area contributed by atoms with Crippen molar-refractivity contribution in [3.63, 3.8) is 0 Å². The summed E-state index contributed by atoms with van der Waals surface area (Å²) in [4.78, 5) is 22.8. The quantitative estimate of drug-likeness (QED) is 0.202. The average Bonchev–Trinajstić information content (AvgIpc) is 2.65. The summed E-state index contributed by atoms with van der Waals surface area (Å²) in [6.45, 7) is 0.962.